The van der Waals surface area contributed by atoms with Crippen LogP contribution >= 0.6 is 0 Å². The van der Waals surface area contributed by atoms with E-state index in [0.29, 0.717) is 12.8 Å². The van der Waals surface area contributed by atoms with Crippen LogP contribution in [0.3, 0.4) is 0 Å². The molecule has 0 aliphatic rings. The van der Waals surface area contributed by atoms with Crippen molar-refractivity contribution >= 4 is 10.1 Å². The van der Waals surface area contributed by atoms with E-state index in [-0.39, 0.29) is 36.0 Å². The zero-order valence-electron chi connectivity index (χ0n) is 11.6. The molecular formula is C10H15F6NaO3S. The maximum Gasteiger partial charge on any atom is 1.00 e. The molecule has 21 heavy (non-hydrogen) atoms. The van der Waals surface area contributed by atoms with Crippen LogP contribution in [0.25, 0.3) is 0 Å². The van der Waals surface area contributed by atoms with Gasteiger partial charge in [-0.1, -0.05) is 32.6 Å². The van der Waals surface area contributed by atoms with Crippen molar-refractivity contribution in [3.8, 4) is 0 Å². The molecule has 0 radical (unpaired) electrons. The maximum absolute atomic E-state index is 13.1. The van der Waals surface area contributed by atoms with Crippen molar-refractivity contribution in [1.82, 2.24) is 0 Å². The van der Waals surface area contributed by atoms with Crippen molar-refractivity contribution in [2.75, 3.05) is 0 Å². The predicted molar refractivity (Wildman–Crippen MR) is 57.9 cm³/mol. The smallest absolute Gasteiger partial charge is 0.743 e. The Morgan fingerprint density at radius 2 is 1.33 bits per heavy atom. The number of rotatable bonds is 9. The molecule has 11 heteroatoms. The number of halogens is 6. The third-order valence-electron chi connectivity index (χ3n) is 2.73. The van der Waals surface area contributed by atoms with Crippen LogP contribution in [0, 0.1) is 0 Å². The summed E-state index contributed by atoms with van der Waals surface area (Å²) in [7, 11) is -6.90. The Hall–Kier alpha value is 0.490. The molecular weight excluding hydrogens is 337 g/mol. The topological polar surface area (TPSA) is 57.2 Å². The molecule has 0 saturated heterocycles. The summed E-state index contributed by atoms with van der Waals surface area (Å²) in [5.41, 5.74) is 0. The Morgan fingerprint density at radius 3 is 1.71 bits per heavy atom. The number of alkyl halides is 6. The third kappa shape index (κ3) is 5.56. The summed E-state index contributed by atoms with van der Waals surface area (Å²) in [5.74, 6) is -11.5. The van der Waals surface area contributed by atoms with Crippen molar-refractivity contribution < 1.29 is 68.9 Å². The molecule has 0 atom stereocenters. The minimum absolute atomic E-state index is 0. The molecule has 0 aliphatic heterocycles. The second-order valence-corrected chi connectivity index (χ2v) is 5.83. The molecule has 0 rings (SSSR count). The fourth-order valence-electron chi connectivity index (χ4n) is 1.48. The summed E-state index contributed by atoms with van der Waals surface area (Å²) in [4.78, 5) is 0. The molecule has 0 aliphatic carbocycles. The first kappa shape index (κ1) is 23.8. The molecule has 0 spiro atoms. The van der Waals surface area contributed by atoms with Gasteiger partial charge in [0, 0.05) is 6.42 Å². The standard InChI is InChI=1S/C10H16F6O3S.Na/c1-2-3-4-5-6-7-8(11,12)9(13,14)10(15,16)20(17,18)19;/h2-7H2,1H3,(H,17,18,19);/q;+1/p-1. The molecule has 0 unspecified atom stereocenters. The van der Waals surface area contributed by atoms with Crippen LogP contribution in [-0.2, 0) is 10.1 Å². The Kier molecular flexibility index (Phi) is 9.47. The van der Waals surface area contributed by atoms with Gasteiger partial charge in [-0.3, -0.25) is 0 Å². The summed E-state index contributed by atoms with van der Waals surface area (Å²) in [6.07, 6.45) is -0.0673. The Balaban J connectivity index is 0. The summed E-state index contributed by atoms with van der Waals surface area (Å²) in [6.45, 7) is 1.82. The van der Waals surface area contributed by atoms with Gasteiger partial charge in [-0.25, -0.2) is 8.42 Å². The molecule has 0 aromatic carbocycles. The molecule has 0 amide bonds. The van der Waals surface area contributed by atoms with Crippen LogP contribution in [0.4, 0.5) is 26.3 Å². The second kappa shape index (κ2) is 8.37. The molecule has 122 valence electrons. The minimum Gasteiger partial charge on any atom is -0.743 e. The van der Waals surface area contributed by atoms with Crippen molar-refractivity contribution in [2.45, 2.75) is 62.5 Å². The van der Waals surface area contributed by atoms with E-state index >= 15 is 0 Å². The zero-order valence-corrected chi connectivity index (χ0v) is 14.5. The monoisotopic (exact) mass is 352 g/mol. The van der Waals surface area contributed by atoms with Gasteiger partial charge in [0.2, 0.25) is 0 Å². The van der Waals surface area contributed by atoms with Gasteiger partial charge in [0.25, 0.3) is 0 Å². The fourth-order valence-corrected chi connectivity index (χ4v) is 1.94. The van der Waals surface area contributed by atoms with Gasteiger partial charge in [0.15, 0.2) is 10.1 Å². The molecule has 0 heterocycles. The van der Waals surface area contributed by atoms with Gasteiger partial charge < -0.3 is 4.55 Å². The van der Waals surface area contributed by atoms with E-state index in [1.54, 1.807) is 0 Å². The average molecular weight is 352 g/mol. The van der Waals surface area contributed by atoms with E-state index in [4.69, 9.17) is 0 Å². The van der Waals surface area contributed by atoms with E-state index in [9.17, 15) is 39.3 Å². The first-order valence-electron chi connectivity index (χ1n) is 5.90. The Bertz CT molecular complexity index is 413. The van der Waals surface area contributed by atoms with E-state index < -0.39 is 40.1 Å². The summed E-state index contributed by atoms with van der Waals surface area (Å²) >= 11 is 0. The Labute approximate surface area is 141 Å². The Morgan fingerprint density at radius 1 is 0.905 bits per heavy atom. The van der Waals surface area contributed by atoms with Crippen LogP contribution in [0.2, 0.25) is 0 Å². The molecule has 3 nitrogen and oxygen atoms in total. The summed E-state index contributed by atoms with van der Waals surface area (Å²) in [5, 5.41) is -6.35. The quantitative estimate of drug-likeness (QED) is 0.266. The van der Waals surface area contributed by atoms with Crippen molar-refractivity contribution in [2.24, 2.45) is 0 Å². The SMILES string of the molecule is CCCCCCCC(F)(F)C(F)(F)C(F)(F)S(=O)(=O)[O-].[Na+]. The van der Waals surface area contributed by atoms with E-state index in [0.717, 1.165) is 6.42 Å². The number of unbranched alkanes of at least 4 members (excludes halogenated alkanes) is 4. The van der Waals surface area contributed by atoms with E-state index in [1.807, 2.05) is 6.92 Å². The normalized spacial score (nSPS) is 13.9. The van der Waals surface area contributed by atoms with Gasteiger partial charge in [0.1, 0.15) is 0 Å². The molecule has 0 N–H and O–H groups in total. The van der Waals surface area contributed by atoms with Crippen molar-refractivity contribution in [3.05, 3.63) is 0 Å². The first-order chi connectivity index (χ1) is 8.81. The van der Waals surface area contributed by atoms with Gasteiger partial charge in [0.05, 0.1) is 0 Å². The van der Waals surface area contributed by atoms with Crippen molar-refractivity contribution in [3.63, 3.8) is 0 Å². The molecule has 0 fully saturated rings. The fraction of sp³-hybridized carbons (Fsp3) is 1.00. The maximum atomic E-state index is 13.1. The molecule has 0 aromatic rings. The molecule has 0 bridgehead atoms. The van der Waals surface area contributed by atoms with Gasteiger partial charge in [-0.2, -0.15) is 26.3 Å². The second-order valence-electron chi connectivity index (χ2n) is 4.41. The number of hydrogen-bond acceptors (Lipinski definition) is 3. The van der Waals surface area contributed by atoms with Crippen LogP contribution in [0.5, 0.6) is 0 Å². The summed E-state index contributed by atoms with van der Waals surface area (Å²) in [6, 6.07) is 0. The van der Waals surface area contributed by atoms with Crippen molar-refractivity contribution in [1.29, 1.82) is 0 Å². The van der Waals surface area contributed by atoms with Gasteiger partial charge >= 0.3 is 46.7 Å². The predicted octanol–water partition coefficient (Wildman–Crippen LogP) is 0.760. The van der Waals surface area contributed by atoms with Crippen LogP contribution < -0.4 is 29.6 Å². The van der Waals surface area contributed by atoms with Gasteiger partial charge in [-0.05, 0) is 6.42 Å². The van der Waals surface area contributed by atoms with E-state index in [1.165, 1.54) is 0 Å². The van der Waals surface area contributed by atoms with Crippen LogP contribution in [0.1, 0.15) is 45.4 Å². The first-order valence-corrected chi connectivity index (χ1v) is 7.31. The molecule has 0 aromatic heterocycles. The zero-order chi connectivity index (χ0) is 16.2. The third-order valence-corrected chi connectivity index (χ3v) is 3.62. The van der Waals surface area contributed by atoms with Gasteiger partial charge in [-0.15, -0.1) is 0 Å². The average Bonchev–Trinajstić information content (AvgIpc) is 2.26. The largest absolute Gasteiger partial charge is 1.00 e. The van der Waals surface area contributed by atoms with Crippen LogP contribution in [0.15, 0.2) is 0 Å². The summed E-state index contributed by atoms with van der Waals surface area (Å²) < 4.78 is 108. The number of hydrogen-bond donors (Lipinski definition) is 0. The minimum atomic E-state index is -6.90. The van der Waals surface area contributed by atoms with E-state index in [2.05, 4.69) is 0 Å². The van der Waals surface area contributed by atoms with Crippen LogP contribution in [-0.4, -0.2) is 30.1 Å². The molecule has 0 saturated carbocycles.